The van der Waals surface area contributed by atoms with E-state index in [-0.39, 0.29) is 41.8 Å². The van der Waals surface area contributed by atoms with Crippen molar-refractivity contribution < 1.29 is 32.6 Å². The highest BCUT2D eigenvalue weighted by atomic mass is 35.5. The number of hydrogen-bond acceptors (Lipinski definition) is 4. The maximum Gasteiger partial charge on any atom is 0.415 e. The lowest BCUT2D eigenvalue weighted by atomic mass is 9.83. The molecule has 1 N–H and O–H groups in total. The van der Waals surface area contributed by atoms with Crippen molar-refractivity contribution in [3.63, 3.8) is 0 Å². The molecule has 2 aromatic rings. The van der Waals surface area contributed by atoms with Crippen molar-refractivity contribution >= 4 is 35.2 Å². The number of rotatable bonds is 9. The minimum absolute atomic E-state index is 0.0879. The van der Waals surface area contributed by atoms with Gasteiger partial charge < -0.3 is 14.7 Å². The van der Waals surface area contributed by atoms with Gasteiger partial charge >= 0.3 is 12.3 Å². The van der Waals surface area contributed by atoms with E-state index >= 15 is 0 Å². The first-order chi connectivity index (χ1) is 16.3. The third kappa shape index (κ3) is 7.75. The number of ether oxygens (including phenoxy) is 1. The van der Waals surface area contributed by atoms with E-state index < -0.39 is 30.1 Å². The van der Waals surface area contributed by atoms with E-state index in [4.69, 9.17) is 27.9 Å². The molecule has 35 heavy (non-hydrogen) atoms. The lowest BCUT2D eigenvalue weighted by molar-refractivity contribution is -0.161. The van der Waals surface area contributed by atoms with E-state index in [2.05, 4.69) is 0 Å². The summed E-state index contributed by atoms with van der Waals surface area (Å²) in [6.07, 6.45) is -6.90. The molecule has 0 aliphatic heterocycles. The largest absolute Gasteiger partial charge is 0.415 e. The van der Waals surface area contributed by atoms with Crippen LogP contribution in [0, 0.1) is 6.92 Å². The maximum absolute atomic E-state index is 13.2. The molecule has 0 fully saturated rings. The number of aryl methyl sites for hydroxylation is 1. The van der Waals surface area contributed by atoms with Gasteiger partial charge in [-0.25, -0.2) is 4.79 Å². The standard InChI is InChI=1S/C24H27Cl2F3N2O4/c1-16-5-8-18(9-6-16)35-22(34)31(3)23(11-4-12-32,17-7-10-19(25)20(26)13-17)15-30(2)21(33)14-24(27,28)29/h5-10,13,32H,4,11-12,14-15H2,1-3H3/t23-/m1/s1. The molecule has 192 valence electrons. The topological polar surface area (TPSA) is 70.1 Å². The van der Waals surface area contributed by atoms with Gasteiger partial charge in [0, 0.05) is 27.2 Å². The number of alkyl halides is 3. The predicted molar refractivity (Wildman–Crippen MR) is 128 cm³/mol. The highest BCUT2D eigenvalue weighted by molar-refractivity contribution is 6.42. The number of aliphatic hydroxyl groups is 1. The number of benzene rings is 2. The average molecular weight is 535 g/mol. The molecule has 11 heteroatoms. The zero-order valence-corrected chi connectivity index (χ0v) is 21.0. The number of carbonyl (C=O) groups is 2. The Morgan fingerprint density at radius 3 is 2.20 bits per heavy atom. The van der Waals surface area contributed by atoms with Crippen molar-refractivity contribution in [3.05, 3.63) is 63.6 Å². The number of nitrogens with zero attached hydrogens (tertiary/aromatic N) is 2. The molecule has 0 aliphatic rings. The van der Waals surface area contributed by atoms with Gasteiger partial charge in [-0.15, -0.1) is 0 Å². The lowest BCUT2D eigenvalue weighted by Gasteiger charge is -2.44. The molecule has 0 aliphatic carbocycles. The Balaban J connectivity index is 2.53. The molecule has 2 rings (SSSR count). The maximum atomic E-state index is 13.2. The molecule has 2 amide bonds. The molecule has 0 saturated heterocycles. The summed E-state index contributed by atoms with van der Waals surface area (Å²) in [6.45, 7) is 1.29. The van der Waals surface area contributed by atoms with Gasteiger partial charge in [-0.2, -0.15) is 13.2 Å². The molecule has 0 spiro atoms. The fourth-order valence-corrected chi connectivity index (χ4v) is 3.97. The second kappa shape index (κ2) is 12.0. The molecule has 0 bridgehead atoms. The third-order valence-corrected chi connectivity index (χ3v) is 6.36. The first kappa shape index (κ1) is 28.7. The molecule has 0 unspecified atom stereocenters. The molecule has 6 nitrogen and oxygen atoms in total. The zero-order valence-electron chi connectivity index (χ0n) is 19.5. The molecule has 0 radical (unpaired) electrons. The Hall–Kier alpha value is -2.49. The first-order valence-corrected chi connectivity index (χ1v) is 11.4. The Kier molecular flexibility index (Phi) is 9.83. The Morgan fingerprint density at radius 2 is 1.66 bits per heavy atom. The van der Waals surface area contributed by atoms with Crippen LogP contribution in [0.1, 0.15) is 30.4 Å². The lowest BCUT2D eigenvalue weighted by Crippen LogP contribution is -2.55. The van der Waals surface area contributed by atoms with E-state index in [1.165, 1.54) is 31.1 Å². The highest BCUT2D eigenvalue weighted by Gasteiger charge is 2.43. The van der Waals surface area contributed by atoms with E-state index in [0.717, 1.165) is 10.5 Å². The fraction of sp³-hybridized carbons (Fsp3) is 0.417. The number of carbonyl (C=O) groups excluding carboxylic acids is 2. The summed E-state index contributed by atoms with van der Waals surface area (Å²) >= 11 is 12.3. The van der Waals surface area contributed by atoms with Crippen molar-refractivity contribution in [2.75, 3.05) is 27.2 Å². The highest BCUT2D eigenvalue weighted by Crippen LogP contribution is 2.38. The smallest absolute Gasteiger partial charge is 0.410 e. The van der Waals surface area contributed by atoms with Crippen LogP contribution in [0.5, 0.6) is 5.75 Å². The Morgan fingerprint density at radius 1 is 1.03 bits per heavy atom. The average Bonchev–Trinajstić information content (AvgIpc) is 2.78. The summed E-state index contributed by atoms with van der Waals surface area (Å²) in [5.41, 5.74) is -0.0270. The number of likely N-dealkylation sites (N-methyl/N-ethyl adjacent to an activating group) is 2. The molecule has 0 heterocycles. The monoisotopic (exact) mass is 534 g/mol. The van der Waals surface area contributed by atoms with E-state index in [1.54, 1.807) is 30.3 Å². The van der Waals surface area contributed by atoms with Gasteiger partial charge in [0.25, 0.3) is 0 Å². The number of hydrogen-bond donors (Lipinski definition) is 1. The van der Waals surface area contributed by atoms with Gasteiger partial charge in [-0.05, 0) is 49.6 Å². The Bertz CT molecular complexity index is 1030. The van der Waals surface area contributed by atoms with Gasteiger partial charge in [0.1, 0.15) is 12.2 Å². The number of amides is 2. The summed E-state index contributed by atoms with van der Waals surface area (Å²) < 4.78 is 44.1. The van der Waals surface area contributed by atoms with Crippen LogP contribution >= 0.6 is 23.2 Å². The molecular formula is C24H27Cl2F3N2O4. The van der Waals surface area contributed by atoms with Gasteiger partial charge in [0.15, 0.2) is 0 Å². The minimum Gasteiger partial charge on any atom is -0.410 e. The zero-order chi connectivity index (χ0) is 26.4. The van der Waals surface area contributed by atoms with Crippen LogP contribution < -0.4 is 4.74 Å². The van der Waals surface area contributed by atoms with Crippen molar-refractivity contribution in [1.82, 2.24) is 9.80 Å². The fourth-order valence-electron chi connectivity index (χ4n) is 3.68. The van der Waals surface area contributed by atoms with Crippen LogP contribution in [0.3, 0.4) is 0 Å². The van der Waals surface area contributed by atoms with Gasteiger partial charge in [0.2, 0.25) is 5.91 Å². The summed E-state index contributed by atoms with van der Waals surface area (Å²) in [5, 5.41) is 9.93. The summed E-state index contributed by atoms with van der Waals surface area (Å²) in [5.74, 6) is -0.912. The van der Waals surface area contributed by atoms with Crippen molar-refractivity contribution in [2.45, 2.75) is 37.9 Å². The van der Waals surface area contributed by atoms with Crippen LogP contribution in [0.25, 0.3) is 0 Å². The predicted octanol–water partition coefficient (Wildman–Crippen LogP) is 5.81. The van der Waals surface area contributed by atoms with Gasteiger partial charge in [-0.1, -0.05) is 47.0 Å². The summed E-state index contributed by atoms with van der Waals surface area (Å²) in [6, 6.07) is 11.3. The summed E-state index contributed by atoms with van der Waals surface area (Å²) in [4.78, 5) is 27.7. The molecule has 2 aromatic carbocycles. The second-order valence-electron chi connectivity index (χ2n) is 8.27. The van der Waals surface area contributed by atoms with E-state index in [1.807, 2.05) is 6.92 Å². The van der Waals surface area contributed by atoms with Crippen molar-refractivity contribution in [1.29, 1.82) is 0 Å². The third-order valence-electron chi connectivity index (χ3n) is 5.62. The van der Waals surface area contributed by atoms with E-state index in [9.17, 15) is 27.9 Å². The SMILES string of the molecule is Cc1ccc(OC(=O)N(C)[C@](CCCO)(CN(C)C(=O)CC(F)(F)F)c2ccc(Cl)c(Cl)c2)cc1. The molecule has 0 saturated carbocycles. The van der Waals surface area contributed by atoms with Crippen LogP contribution in [-0.4, -0.2) is 60.3 Å². The molecular weight excluding hydrogens is 508 g/mol. The Labute approximate surface area is 212 Å². The van der Waals surface area contributed by atoms with Gasteiger partial charge in [0.05, 0.1) is 15.6 Å². The van der Waals surface area contributed by atoms with E-state index in [0.29, 0.717) is 5.56 Å². The van der Waals surface area contributed by atoms with Crippen molar-refractivity contribution in [2.24, 2.45) is 0 Å². The van der Waals surface area contributed by atoms with Gasteiger partial charge in [-0.3, -0.25) is 9.69 Å². The van der Waals surface area contributed by atoms with Crippen molar-refractivity contribution in [3.8, 4) is 5.75 Å². The molecule has 1 atom stereocenters. The minimum atomic E-state index is -4.70. The van der Waals surface area contributed by atoms with Crippen LogP contribution in [0.4, 0.5) is 18.0 Å². The number of halogens is 5. The number of aliphatic hydroxyl groups excluding tert-OH is 1. The molecule has 0 aromatic heterocycles. The quantitative estimate of drug-likeness (QED) is 0.440. The summed E-state index contributed by atoms with van der Waals surface area (Å²) in [7, 11) is 2.64. The second-order valence-corrected chi connectivity index (χ2v) is 9.08. The van der Waals surface area contributed by atoms with Crippen LogP contribution in [0.2, 0.25) is 10.0 Å². The van der Waals surface area contributed by atoms with Crippen LogP contribution in [0.15, 0.2) is 42.5 Å². The first-order valence-electron chi connectivity index (χ1n) is 10.7. The normalized spacial score (nSPS) is 13.2. The van der Waals surface area contributed by atoms with Crippen LogP contribution in [-0.2, 0) is 10.3 Å².